The van der Waals surface area contributed by atoms with Crippen molar-refractivity contribution in [3.8, 4) is 0 Å². The lowest BCUT2D eigenvalue weighted by Crippen LogP contribution is -2.27. The molecule has 8 rings (SSSR count). The van der Waals surface area contributed by atoms with Crippen LogP contribution in [0, 0.1) is 0 Å². The van der Waals surface area contributed by atoms with Gasteiger partial charge in [0.2, 0.25) is 0 Å². The Labute approximate surface area is 346 Å². The van der Waals surface area contributed by atoms with Crippen molar-refractivity contribution in [1.29, 1.82) is 0 Å². The monoisotopic (exact) mass is 872 g/mol. The average Bonchev–Trinajstić information content (AvgIpc) is 4.02. The van der Waals surface area contributed by atoms with Gasteiger partial charge >= 0.3 is 12.4 Å². The number of benzene rings is 4. The summed E-state index contributed by atoms with van der Waals surface area (Å²) in [5, 5.41) is 14.3. The zero-order valence-electron chi connectivity index (χ0n) is 33.0. The Kier molecular flexibility index (Phi) is 11.0. The highest BCUT2D eigenvalue weighted by Crippen LogP contribution is 2.45. The average molecular weight is 873 g/mol. The highest BCUT2D eigenvalue weighted by molar-refractivity contribution is 6.11. The number of aryl methyl sites for hydroxylation is 2. The maximum Gasteiger partial charge on any atom is 0.416 e. The van der Waals surface area contributed by atoms with Crippen molar-refractivity contribution in [2.24, 2.45) is 14.1 Å². The third kappa shape index (κ3) is 7.77. The molecule has 2 aliphatic rings. The number of rotatable bonds is 8. The molecule has 0 saturated heterocycles. The predicted octanol–water partition coefficient (Wildman–Crippen LogP) is 9.78. The number of aromatic nitrogens is 6. The summed E-state index contributed by atoms with van der Waals surface area (Å²) in [5.74, 6) is -1.70. The zero-order chi connectivity index (χ0) is 45.1. The van der Waals surface area contributed by atoms with Crippen molar-refractivity contribution in [3.63, 3.8) is 0 Å². The zero-order valence-corrected chi connectivity index (χ0v) is 33.0. The molecular weight excluding hydrogens is 838 g/mol. The van der Waals surface area contributed by atoms with Crippen molar-refractivity contribution in [2.75, 3.05) is 9.80 Å². The Balaban J connectivity index is 0.000000186. The molecule has 6 aromatic rings. The molecule has 0 bridgehead atoms. The third-order valence-electron chi connectivity index (χ3n) is 10.9. The number of hydrogen-bond acceptors (Lipinski definition) is 6. The summed E-state index contributed by atoms with van der Waals surface area (Å²) < 4.78 is 144. The maximum atomic E-state index is 15.5. The van der Waals surface area contributed by atoms with Gasteiger partial charge in [0.25, 0.3) is 11.8 Å². The van der Waals surface area contributed by atoms with Gasteiger partial charge in [0.15, 0.2) is 35.3 Å². The molecule has 62 heavy (non-hydrogen) atoms. The van der Waals surface area contributed by atoms with E-state index in [4.69, 9.17) is 0 Å². The molecule has 324 valence electrons. The highest BCUT2D eigenvalue weighted by atomic mass is 19.4. The normalized spacial score (nSPS) is 16.9. The van der Waals surface area contributed by atoms with Gasteiger partial charge in [-0.25, -0.2) is 17.6 Å². The Hall–Kier alpha value is -6.60. The second kappa shape index (κ2) is 15.7. The van der Waals surface area contributed by atoms with Gasteiger partial charge < -0.3 is 18.9 Å². The van der Waals surface area contributed by atoms with Gasteiger partial charge in [-0.3, -0.25) is 9.59 Å². The lowest BCUT2D eigenvalue weighted by Gasteiger charge is -2.26. The summed E-state index contributed by atoms with van der Waals surface area (Å²) in [6, 6.07) is 17.8. The van der Waals surface area contributed by atoms with Crippen molar-refractivity contribution < 1.29 is 53.5 Å². The summed E-state index contributed by atoms with van der Waals surface area (Å²) in [6.07, 6.45) is -11.0. The first-order chi connectivity index (χ1) is 29.0. The Bertz CT molecular complexity index is 2490. The van der Waals surface area contributed by atoms with Gasteiger partial charge in [0.1, 0.15) is 12.7 Å². The molecule has 0 spiro atoms. The molecule has 0 N–H and O–H groups in total. The summed E-state index contributed by atoms with van der Waals surface area (Å²) in [5.41, 5.74) is -7.07. The molecule has 2 aliphatic heterocycles. The fraction of sp³-hybridized carbons (Fsp3) is 0.286. The van der Waals surface area contributed by atoms with Gasteiger partial charge in [0.05, 0.1) is 24.2 Å². The van der Waals surface area contributed by atoms with E-state index in [1.165, 1.54) is 109 Å². The van der Waals surface area contributed by atoms with Gasteiger partial charge in [-0.05, 0) is 84.6 Å². The molecule has 0 aliphatic carbocycles. The summed E-state index contributed by atoms with van der Waals surface area (Å²) in [6.45, 7) is 1.43. The SMILES string of the molecule is Cn1cnnc1[C@@H](F)[C@@](C)(F)c1cccc(N2Cc3c(cccc3C(F)(F)F)C2=O)c1.Cn1cnnc1[C@H](F)[C@](C)(F)c1cccc(N2Cc3c(cccc3C(F)(F)F)C2=O)c1. The first-order valence-electron chi connectivity index (χ1n) is 18.6. The number of hydrogen-bond donors (Lipinski definition) is 0. The fourth-order valence-electron chi connectivity index (χ4n) is 7.39. The summed E-state index contributed by atoms with van der Waals surface area (Å²) >= 11 is 0. The summed E-state index contributed by atoms with van der Waals surface area (Å²) in [7, 11) is 2.96. The molecule has 0 unspecified atom stereocenters. The first kappa shape index (κ1) is 43.5. The van der Waals surface area contributed by atoms with E-state index < -0.39 is 59.0 Å². The molecule has 0 radical (unpaired) electrons. The van der Waals surface area contributed by atoms with Crippen molar-refractivity contribution >= 4 is 23.2 Å². The van der Waals surface area contributed by atoms with E-state index in [9.17, 15) is 44.7 Å². The van der Waals surface area contributed by atoms with E-state index in [1.807, 2.05) is 0 Å². The Morgan fingerprint density at radius 3 is 1.23 bits per heavy atom. The van der Waals surface area contributed by atoms with Crippen LogP contribution >= 0.6 is 0 Å². The minimum absolute atomic E-state index is 0.0642. The van der Waals surface area contributed by atoms with Crippen LogP contribution in [0.3, 0.4) is 0 Å². The number of amides is 2. The van der Waals surface area contributed by atoms with Crippen LogP contribution < -0.4 is 9.80 Å². The van der Waals surface area contributed by atoms with Crippen LogP contribution in [-0.4, -0.2) is 41.3 Å². The molecule has 10 nitrogen and oxygen atoms in total. The van der Waals surface area contributed by atoms with Crippen molar-refractivity contribution in [2.45, 2.75) is 63.0 Å². The van der Waals surface area contributed by atoms with E-state index in [-0.39, 0.29) is 69.5 Å². The predicted molar refractivity (Wildman–Crippen MR) is 203 cm³/mol. The van der Waals surface area contributed by atoms with Crippen LogP contribution in [0.5, 0.6) is 0 Å². The Morgan fingerprint density at radius 2 is 0.903 bits per heavy atom. The molecule has 2 amide bonds. The number of nitrogens with zero attached hydrogens (tertiary/aromatic N) is 8. The fourth-order valence-corrected chi connectivity index (χ4v) is 7.39. The van der Waals surface area contributed by atoms with Crippen LogP contribution in [0.2, 0.25) is 0 Å². The van der Waals surface area contributed by atoms with E-state index in [0.29, 0.717) is 0 Å². The molecule has 4 aromatic carbocycles. The van der Waals surface area contributed by atoms with Gasteiger partial charge in [-0.2, -0.15) is 26.3 Å². The number of anilines is 2. The molecule has 20 heteroatoms. The number of fused-ring (bicyclic) bond motifs is 2. The number of carbonyl (C=O) groups is 2. The van der Waals surface area contributed by atoms with Gasteiger partial charge in [-0.15, -0.1) is 20.4 Å². The molecule has 0 saturated carbocycles. The van der Waals surface area contributed by atoms with Crippen molar-refractivity contribution in [1.82, 2.24) is 29.5 Å². The molecule has 4 atom stereocenters. The minimum atomic E-state index is -4.61. The largest absolute Gasteiger partial charge is 0.416 e. The molecule has 0 fully saturated rings. The van der Waals surface area contributed by atoms with Crippen LogP contribution in [-0.2, 0) is 50.9 Å². The standard InChI is InChI=1S/2C21H17F5N4O/c2*1-20(23,17(22)18-28-27-11-29(18)2)12-5-3-6-13(9-12)30-10-15-14(19(30)31)7-4-8-16(15)21(24,25)26/h2*3-9,11,17H,10H2,1-2H3/t2*17-,20+/m10/s1. The number of carbonyl (C=O) groups excluding carboxylic acids is 2. The lowest BCUT2D eigenvalue weighted by molar-refractivity contribution is -0.139. The maximum absolute atomic E-state index is 15.5. The van der Waals surface area contributed by atoms with E-state index in [2.05, 4.69) is 20.4 Å². The molecule has 2 aromatic heterocycles. The van der Waals surface area contributed by atoms with Crippen LogP contribution in [0.4, 0.5) is 55.3 Å². The summed E-state index contributed by atoms with van der Waals surface area (Å²) in [4.78, 5) is 27.8. The van der Waals surface area contributed by atoms with E-state index >= 15 is 8.78 Å². The highest BCUT2D eigenvalue weighted by Gasteiger charge is 2.45. The second-order valence-electron chi connectivity index (χ2n) is 15.0. The smallest absolute Gasteiger partial charge is 0.318 e. The van der Waals surface area contributed by atoms with Crippen LogP contribution in [0.15, 0.2) is 97.6 Å². The minimum Gasteiger partial charge on any atom is -0.318 e. The van der Waals surface area contributed by atoms with Gasteiger partial charge in [0, 0.05) is 36.6 Å². The molecular formula is C42H34F10N8O2. The van der Waals surface area contributed by atoms with E-state index in [1.54, 1.807) is 0 Å². The first-order valence-corrected chi connectivity index (χ1v) is 18.6. The Morgan fingerprint density at radius 1 is 0.548 bits per heavy atom. The topological polar surface area (TPSA) is 102 Å². The van der Waals surface area contributed by atoms with Gasteiger partial charge in [-0.1, -0.05) is 36.4 Å². The number of alkyl halides is 10. The van der Waals surface area contributed by atoms with Crippen molar-refractivity contribution in [3.05, 3.63) is 154 Å². The lowest BCUT2D eigenvalue weighted by atomic mass is 9.92. The van der Waals surface area contributed by atoms with E-state index in [0.717, 1.165) is 35.8 Å². The van der Waals surface area contributed by atoms with Crippen LogP contribution in [0.25, 0.3) is 0 Å². The quantitative estimate of drug-likeness (QED) is 0.141. The van der Waals surface area contributed by atoms with Crippen LogP contribution in [0.1, 0.15) is 91.9 Å². The third-order valence-corrected chi connectivity index (χ3v) is 10.9. The second-order valence-corrected chi connectivity index (χ2v) is 15.0. The molecule has 4 heterocycles. The number of halogens is 10.